The molecular formula is C47H64ClN3O15S3. The molecule has 9 atom stereocenters. The van der Waals surface area contributed by atoms with Crippen LogP contribution in [0.3, 0.4) is 0 Å². The fourth-order valence-electron chi connectivity index (χ4n) is 8.54. The van der Waals surface area contributed by atoms with Gasteiger partial charge in [-0.15, -0.1) is 0 Å². The van der Waals surface area contributed by atoms with Crippen LogP contribution in [0.1, 0.15) is 105 Å². The Bertz CT molecular complexity index is 2360. The van der Waals surface area contributed by atoms with Crippen LogP contribution in [0.4, 0.5) is 10.5 Å². The van der Waals surface area contributed by atoms with Crippen molar-refractivity contribution < 1.29 is 70.6 Å². The highest BCUT2D eigenvalue weighted by Gasteiger charge is 2.64. The Hall–Kier alpha value is -3.99. The Morgan fingerprint density at radius 3 is 2.38 bits per heavy atom. The van der Waals surface area contributed by atoms with Crippen LogP contribution in [-0.2, 0) is 64.3 Å². The number of esters is 2. The molecule has 4 aliphatic rings. The van der Waals surface area contributed by atoms with E-state index in [0.29, 0.717) is 23.6 Å². The quantitative estimate of drug-likeness (QED) is 0.0375. The van der Waals surface area contributed by atoms with Gasteiger partial charge in [-0.3, -0.25) is 33.8 Å². The molecule has 0 aromatic heterocycles. The topological polar surface area (TPSA) is 253 Å². The van der Waals surface area contributed by atoms with E-state index in [9.17, 15) is 51.6 Å². The molecule has 382 valence electrons. The SMILES string of the molecule is C/C1=C\C=C\C(C)C2(O)CC(OC(=O)N2)C(C)C2OC2(C)C(OC(=O)C(C)N(C)C(=O)CCC(C)(C)SSCCC(C(=O)OC2C(=O)CCC2=O)S(=O)(=O)O)CC(=O)N(C)c2cc(cc(C)c2Cl)C1. The molecule has 4 bridgehead atoms. The second-order valence-corrected chi connectivity index (χ2v) is 24.5. The molecule has 69 heavy (non-hydrogen) atoms. The number of halogens is 1. The van der Waals surface area contributed by atoms with E-state index in [2.05, 4.69) is 5.32 Å². The highest BCUT2D eigenvalue weighted by atomic mass is 35.5. The van der Waals surface area contributed by atoms with E-state index in [0.717, 1.165) is 16.7 Å². The van der Waals surface area contributed by atoms with Crippen molar-refractivity contribution in [1.29, 1.82) is 0 Å². The number of alkyl carbamates (subject to hydrolysis) is 1. The molecule has 0 spiro atoms. The third-order valence-corrected chi connectivity index (χ3v) is 18.4. The van der Waals surface area contributed by atoms with Crippen molar-refractivity contribution in [3.8, 4) is 0 Å². The maximum atomic E-state index is 14.3. The van der Waals surface area contributed by atoms with Crippen LogP contribution in [-0.4, -0.2) is 136 Å². The number of benzene rings is 1. The third-order valence-electron chi connectivity index (χ3n) is 13.4. The number of rotatable bonds is 14. The smallest absolute Gasteiger partial charge is 0.409 e. The van der Waals surface area contributed by atoms with E-state index in [1.54, 1.807) is 33.9 Å². The van der Waals surface area contributed by atoms with Gasteiger partial charge in [-0.05, 0) is 78.0 Å². The van der Waals surface area contributed by atoms with E-state index in [4.69, 9.17) is 30.5 Å². The minimum absolute atomic E-state index is 0.0110. The van der Waals surface area contributed by atoms with Crippen LogP contribution in [0.2, 0.25) is 5.02 Å². The van der Waals surface area contributed by atoms with Crippen LogP contribution in [0, 0.1) is 18.8 Å². The summed E-state index contributed by atoms with van der Waals surface area (Å²) in [6, 6.07) is 2.64. The molecule has 0 radical (unpaired) electrons. The van der Waals surface area contributed by atoms with Gasteiger partial charge in [-0.1, -0.05) is 76.9 Å². The highest BCUT2D eigenvalue weighted by molar-refractivity contribution is 8.77. The molecule has 5 rings (SSSR count). The Morgan fingerprint density at radius 2 is 1.74 bits per heavy atom. The van der Waals surface area contributed by atoms with Gasteiger partial charge < -0.3 is 33.9 Å². The van der Waals surface area contributed by atoms with E-state index in [1.165, 1.54) is 45.4 Å². The van der Waals surface area contributed by atoms with Crippen molar-refractivity contribution in [2.45, 2.75) is 159 Å². The average Bonchev–Trinajstić information content (AvgIpc) is 3.87. The number of allylic oxidation sites excluding steroid dienone is 3. The number of ether oxygens (including phenoxy) is 4. The predicted molar refractivity (Wildman–Crippen MR) is 260 cm³/mol. The van der Waals surface area contributed by atoms with Crippen molar-refractivity contribution in [3.05, 3.63) is 52.1 Å². The molecule has 3 aliphatic heterocycles. The number of hydrogen-bond acceptors (Lipinski definition) is 16. The first kappa shape index (κ1) is 55.9. The molecule has 3 fully saturated rings. The zero-order valence-electron chi connectivity index (χ0n) is 40.6. The first-order valence-corrected chi connectivity index (χ1v) is 27.0. The van der Waals surface area contributed by atoms with E-state index in [-0.39, 0.29) is 44.3 Å². The molecular weight excluding hydrogens is 978 g/mol. The summed E-state index contributed by atoms with van der Waals surface area (Å²) in [4.78, 5) is 94.0. The van der Waals surface area contributed by atoms with Crippen LogP contribution >= 0.6 is 33.2 Å². The number of likely N-dealkylation sites (N-methyl/N-ethyl adjacent to an activating group) is 1. The number of nitrogens with one attached hydrogen (secondary N) is 1. The summed E-state index contributed by atoms with van der Waals surface area (Å²) >= 11 is 6.81. The summed E-state index contributed by atoms with van der Waals surface area (Å²) in [7, 11) is 0.584. The molecule has 1 aromatic rings. The lowest BCUT2D eigenvalue weighted by molar-refractivity contribution is -0.162. The summed E-state index contributed by atoms with van der Waals surface area (Å²) in [6.07, 6.45) is 0.166. The van der Waals surface area contributed by atoms with Gasteiger partial charge in [-0.2, -0.15) is 8.42 Å². The standard InChI is InChI=1S/C47H64ClN3O15S3/c1-25-12-11-13-27(3)47(59)24-34(63-44(58)49-47)28(4)41-46(8,66-41)36(23-38(55)51(10)31-22-30(20-25)21-26(2)39(31)48)64-42(56)29(5)50(9)37(54)16-18-45(6,7)68-67-19-17-35(69(60,61)62)43(57)65-40-32(52)14-15-33(40)53/h11-13,21-22,27-29,34-36,40-41,59H,14-20,23-24H2,1-10H3,(H,49,58)(H,60,61,62)/b13-11+,25-12+. The first-order chi connectivity index (χ1) is 32.0. The lowest BCUT2D eigenvalue weighted by atomic mass is 9.82. The monoisotopic (exact) mass is 1040 g/mol. The van der Waals surface area contributed by atoms with Gasteiger partial charge >= 0.3 is 18.0 Å². The zero-order valence-corrected chi connectivity index (χ0v) is 43.8. The van der Waals surface area contributed by atoms with Crippen LogP contribution in [0.5, 0.6) is 0 Å². The Labute approximate surface area is 416 Å². The summed E-state index contributed by atoms with van der Waals surface area (Å²) in [5, 5.41) is 12.7. The largest absolute Gasteiger partial charge is 0.457 e. The van der Waals surface area contributed by atoms with E-state index in [1.807, 2.05) is 52.0 Å². The second kappa shape index (κ2) is 22.2. The lowest BCUT2D eigenvalue weighted by Crippen LogP contribution is -2.60. The van der Waals surface area contributed by atoms with Gasteiger partial charge in [0.1, 0.15) is 29.6 Å². The summed E-state index contributed by atoms with van der Waals surface area (Å²) in [5.74, 6) is -5.36. The molecule has 3 N–H and O–H groups in total. The maximum absolute atomic E-state index is 14.3. The van der Waals surface area contributed by atoms with E-state index >= 15 is 0 Å². The number of amides is 3. The number of nitrogens with zero attached hydrogens (tertiary/aromatic N) is 2. The predicted octanol–water partition coefficient (Wildman–Crippen LogP) is 5.87. The molecule has 1 aromatic carbocycles. The first-order valence-electron chi connectivity index (χ1n) is 22.8. The zero-order chi connectivity index (χ0) is 51.6. The molecule has 22 heteroatoms. The van der Waals surface area contributed by atoms with Gasteiger partial charge in [-0.25, -0.2) is 9.59 Å². The van der Waals surface area contributed by atoms with Crippen molar-refractivity contribution >= 4 is 90.4 Å². The molecule has 1 aliphatic carbocycles. The summed E-state index contributed by atoms with van der Waals surface area (Å²) in [6.45, 7) is 14.2. The minimum Gasteiger partial charge on any atom is -0.457 e. The molecule has 3 amide bonds. The summed E-state index contributed by atoms with van der Waals surface area (Å²) in [5.41, 5.74) is 0.132. The number of carbonyl (C=O) groups is 7. The number of aliphatic hydroxyl groups is 1. The van der Waals surface area contributed by atoms with Crippen molar-refractivity contribution in [1.82, 2.24) is 10.2 Å². The molecule has 18 nitrogen and oxygen atoms in total. The van der Waals surface area contributed by atoms with Crippen molar-refractivity contribution in [3.63, 3.8) is 0 Å². The number of ketones is 2. The number of fused-ring (bicyclic) bond motifs is 5. The second-order valence-electron chi connectivity index (χ2n) is 19.4. The van der Waals surface area contributed by atoms with Crippen LogP contribution in [0.25, 0.3) is 0 Å². The number of aryl methyl sites for hydroxylation is 1. The van der Waals surface area contributed by atoms with Crippen molar-refractivity contribution in [2.24, 2.45) is 11.8 Å². The number of carbonyl (C=O) groups excluding carboxylic acids is 7. The third kappa shape index (κ3) is 13.7. The molecule has 9 unspecified atom stereocenters. The Balaban J connectivity index is 1.27. The number of hydrogen-bond donors (Lipinski definition) is 3. The van der Waals surface area contributed by atoms with Crippen molar-refractivity contribution in [2.75, 3.05) is 24.7 Å². The van der Waals surface area contributed by atoms with Gasteiger partial charge in [0, 0.05) is 62.1 Å². The van der Waals surface area contributed by atoms with Gasteiger partial charge in [0.25, 0.3) is 10.1 Å². The molecule has 1 saturated carbocycles. The van der Waals surface area contributed by atoms with Gasteiger partial charge in [0.15, 0.2) is 16.8 Å². The molecule has 3 heterocycles. The fourth-order valence-corrected chi connectivity index (χ4v) is 12.3. The van der Waals surface area contributed by atoms with Gasteiger partial charge in [0.05, 0.1) is 23.2 Å². The minimum atomic E-state index is -4.93. The number of epoxide rings is 1. The van der Waals surface area contributed by atoms with E-state index < -0.39 is 115 Å². The Morgan fingerprint density at radius 1 is 1.09 bits per heavy atom. The Kier molecular flexibility index (Phi) is 18.0. The highest BCUT2D eigenvalue weighted by Crippen LogP contribution is 2.49. The normalized spacial score (nSPS) is 29.1. The lowest BCUT2D eigenvalue weighted by Gasteiger charge is -2.41. The average molecular weight is 1040 g/mol. The van der Waals surface area contributed by atoms with Gasteiger partial charge in [0.2, 0.25) is 17.9 Å². The van der Waals surface area contributed by atoms with Crippen LogP contribution < -0.4 is 10.2 Å². The van der Waals surface area contributed by atoms with Crippen LogP contribution in [0.15, 0.2) is 35.9 Å². The number of Topliss-reactive ketones (excluding diaryl/α,β-unsaturated/α-hetero) is 2. The maximum Gasteiger partial charge on any atom is 0.409 e. The summed E-state index contributed by atoms with van der Waals surface area (Å²) < 4.78 is 56.2. The molecule has 2 saturated heterocycles. The fraction of sp³-hybridized carbons (Fsp3) is 0.638. The number of anilines is 1.